The Morgan fingerprint density at radius 3 is 2.26 bits per heavy atom. The van der Waals surface area contributed by atoms with Gasteiger partial charge in [-0.3, -0.25) is 9.59 Å². The number of thiol groups is 1. The van der Waals surface area contributed by atoms with Crippen molar-refractivity contribution in [2.24, 2.45) is 5.92 Å². The minimum atomic E-state index is -0.796. The number of carbonyl (C=O) groups excluding carboxylic acids is 2. The minimum absolute atomic E-state index is 0.273. The van der Waals surface area contributed by atoms with Crippen LogP contribution in [0, 0.1) is 12.8 Å². The molecule has 0 spiro atoms. The lowest BCUT2D eigenvalue weighted by atomic mass is 9.86. The predicted octanol–water partition coefficient (Wildman–Crippen LogP) is 5.07. The van der Waals surface area contributed by atoms with Crippen LogP contribution in [0.4, 0.5) is 0 Å². The molecule has 5 atom stereocenters. The molecule has 0 saturated carbocycles. The third-order valence-corrected chi connectivity index (χ3v) is 6.19. The largest absolute Gasteiger partial charge is 0.458 e. The monoisotopic (exact) mass is 462 g/mol. The second-order valence-corrected chi connectivity index (χ2v) is 8.88. The van der Waals surface area contributed by atoms with Crippen molar-refractivity contribution in [1.29, 1.82) is 0 Å². The van der Waals surface area contributed by atoms with Crippen LogP contribution in [0.5, 0.6) is 0 Å². The van der Waals surface area contributed by atoms with Crippen molar-refractivity contribution >= 4 is 36.2 Å². The highest BCUT2D eigenvalue weighted by Gasteiger charge is 2.47. The second-order valence-electron chi connectivity index (χ2n) is 7.97. The minimum Gasteiger partial charge on any atom is -0.458 e. The number of esters is 2. The SMILES string of the molecule is CC(=O)O[C@@H]1[C@@H](C)[C@H](c2ccc(Cl)c(Cc3ccc(C)cc3)c2)OC(S)[C@H]1OC(C)=O. The lowest BCUT2D eigenvalue weighted by Gasteiger charge is -2.43. The van der Waals surface area contributed by atoms with Gasteiger partial charge in [-0.15, -0.1) is 12.6 Å². The van der Waals surface area contributed by atoms with Crippen molar-refractivity contribution < 1.29 is 23.8 Å². The van der Waals surface area contributed by atoms with E-state index in [2.05, 4.69) is 43.8 Å². The van der Waals surface area contributed by atoms with Crippen molar-refractivity contribution in [3.05, 3.63) is 69.7 Å². The smallest absolute Gasteiger partial charge is 0.303 e. The molecular weight excluding hydrogens is 436 g/mol. The molecule has 31 heavy (non-hydrogen) atoms. The fourth-order valence-electron chi connectivity index (χ4n) is 3.88. The third kappa shape index (κ3) is 5.82. The number of halogens is 1. The molecular formula is C24H27ClO5S. The Bertz CT molecular complexity index is 945. The molecule has 0 N–H and O–H groups in total. The highest BCUT2D eigenvalue weighted by molar-refractivity contribution is 7.80. The van der Waals surface area contributed by atoms with Crippen LogP contribution in [-0.2, 0) is 30.2 Å². The topological polar surface area (TPSA) is 61.8 Å². The number of hydrogen-bond acceptors (Lipinski definition) is 6. The fraction of sp³-hybridized carbons (Fsp3) is 0.417. The van der Waals surface area contributed by atoms with Gasteiger partial charge in [-0.25, -0.2) is 0 Å². The normalized spacial score (nSPS) is 25.7. The highest BCUT2D eigenvalue weighted by Crippen LogP contribution is 2.41. The first-order valence-electron chi connectivity index (χ1n) is 10.2. The molecule has 0 aliphatic carbocycles. The van der Waals surface area contributed by atoms with Crippen LogP contribution in [0.3, 0.4) is 0 Å². The van der Waals surface area contributed by atoms with E-state index in [4.69, 9.17) is 25.8 Å². The molecule has 0 amide bonds. The van der Waals surface area contributed by atoms with Crippen LogP contribution in [-0.4, -0.2) is 29.6 Å². The number of rotatable bonds is 5. The van der Waals surface area contributed by atoms with Gasteiger partial charge >= 0.3 is 11.9 Å². The molecule has 1 heterocycles. The molecule has 5 nitrogen and oxygen atoms in total. The van der Waals surface area contributed by atoms with E-state index in [0.29, 0.717) is 11.4 Å². The summed E-state index contributed by atoms with van der Waals surface area (Å²) in [5.74, 6) is -1.21. The van der Waals surface area contributed by atoms with E-state index in [-0.39, 0.29) is 5.92 Å². The van der Waals surface area contributed by atoms with Crippen molar-refractivity contribution in [2.75, 3.05) is 0 Å². The van der Waals surface area contributed by atoms with Crippen LogP contribution >= 0.6 is 24.2 Å². The summed E-state index contributed by atoms with van der Waals surface area (Å²) in [6, 6.07) is 14.1. The average Bonchev–Trinajstić information content (AvgIpc) is 2.70. The van der Waals surface area contributed by atoms with Crippen molar-refractivity contribution in [1.82, 2.24) is 0 Å². The molecule has 1 aliphatic heterocycles. The Hall–Kier alpha value is -2.02. The van der Waals surface area contributed by atoms with Gasteiger partial charge in [0.2, 0.25) is 0 Å². The molecule has 1 unspecified atom stereocenters. The average molecular weight is 463 g/mol. The summed E-state index contributed by atoms with van der Waals surface area (Å²) in [6.07, 6.45) is -1.20. The third-order valence-electron chi connectivity index (χ3n) is 5.40. The standard InChI is InChI=1S/C24H27ClO5S/c1-13-5-7-17(8-6-13)11-19-12-18(9-10-20(19)25)21-14(2)22(28-15(3)26)23(24(31)30-21)29-16(4)27/h5-10,12,14,21-24,31H,11H2,1-4H3/t14-,21+,22+,23-,24?/m0/s1. The number of ether oxygens (including phenoxy) is 3. The van der Waals surface area contributed by atoms with Gasteiger partial charge in [-0.1, -0.05) is 60.5 Å². The van der Waals surface area contributed by atoms with Crippen LogP contribution in [0.1, 0.15) is 49.1 Å². The summed E-state index contributed by atoms with van der Waals surface area (Å²) in [7, 11) is 0. The number of carbonyl (C=O) groups is 2. The van der Waals surface area contributed by atoms with Gasteiger partial charge in [0.05, 0.1) is 6.10 Å². The molecule has 3 rings (SSSR count). The van der Waals surface area contributed by atoms with Gasteiger partial charge in [0.15, 0.2) is 6.10 Å². The van der Waals surface area contributed by atoms with E-state index in [0.717, 1.165) is 16.7 Å². The zero-order valence-corrected chi connectivity index (χ0v) is 19.7. The maximum Gasteiger partial charge on any atom is 0.303 e. The van der Waals surface area contributed by atoms with Gasteiger partial charge in [0.25, 0.3) is 0 Å². The molecule has 166 valence electrons. The molecule has 0 radical (unpaired) electrons. The summed E-state index contributed by atoms with van der Waals surface area (Å²) in [4.78, 5) is 23.3. The second kappa shape index (κ2) is 10.1. The van der Waals surface area contributed by atoms with Crippen molar-refractivity contribution in [3.8, 4) is 0 Å². The molecule has 2 aromatic carbocycles. The van der Waals surface area contributed by atoms with E-state index in [1.54, 1.807) is 0 Å². The predicted molar refractivity (Wildman–Crippen MR) is 122 cm³/mol. The van der Waals surface area contributed by atoms with Gasteiger partial charge in [-0.05, 0) is 36.1 Å². The summed E-state index contributed by atoms with van der Waals surface area (Å²) < 4.78 is 17.0. The first-order chi connectivity index (χ1) is 14.7. The van der Waals surface area contributed by atoms with Crippen molar-refractivity contribution in [2.45, 2.75) is 57.9 Å². The number of hydrogen-bond donors (Lipinski definition) is 1. The van der Waals surface area contributed by atoms with E-state index >= 15 is 0 Å². The van der Waals surface area contributed by atoms with E-state index in [9.17, 15) is 9.59 Å². The summed E-state index contributed by atoms with van der Waals surface area (Å²) in [5.41, 5.74) is 3.48. The fourth-order valence-corrected chi connectivity index (χ4v) is 4.43. The van der Waals surface area contributed by atoms with Crippen LogP contribution in [0.2, 0.25) is 5.02 Å². The van der Waals surface area contributed by atoms with Crippen LogP contribution in [0.15, 0.2) is 42.5 Å². The zero-order chi connectivity index (χ0) is 22.7. The quantitative estimate of drug-likeness (QED) is 0.496. The molecule has 0 bridgehead atoms. The molecule has 0 aromatic heterocycles. The first-order valence-corrected chi connectivity index (χ1v) is 11.1. The lowest BCUT2D eigenvalue weighted by Crippen LogP contribution is -2.52. The summed E-state index contributed by atoms with van der Waals surface area (Å²) >= 11 is 11.0. The van der Waals surface area contributed by atoms with Gasteiger partial charge in [0.1, 0.15) is 11.5 Å². The number of aryl methyl sites for hydroxylation is 1. The van der Waals surface area contributed by atoms with Gasteiger partial charge in [0, 0.05) is 24.8 Å². The first kappa shape index (κ1) is 23.6. The molecule has 1 saturated heterocycles. The molecule has 7 heteroatoms. The Balaban J connectivity index is 1.89. The summed E-state index contributed by atoms with van der Waals surface area (Å²) in [6.45, 7) is 6.59. The Labute approximate surface area is 193 Å². The molecule has 1 aliphatic rings. The maximum atomic E-state index is 11.7. The molecule has 2 aromatic rings. The van der Waals surface area contributed by atoms with E-state index < -0.39 is 35.7 Å². The Morgan fingerprint density at radius 1 is 1.03 bits per heavy atom. The zero-order valence-electron chi connectivity index (χ0n) is 18.0. The Kier molecular flexibility index (Phi) is 7.68. The maximum absolute atomic E-state index is 11.7. The highest BCUT2D eigenvalue weighted by atomic mass is 35.5. The van der Waals surface area contributed by atoms with Crippen molar-refractivity contribution in [3.63, 3.8) is 0 Å². The van der Waals surface area contributed by atoms with E-state index in [1.165, 1.54) is 19.4 Å². The van der Waals surface area contributed by atoms with E-state index in [1.807, 2.05) is 25.1 Å². The molecule has 1 fully saturated rings. The van der Waals surface area contributed by atoms with Crippen LogP contribution in [0.25, 0.3) is 0 Å². The lowest BCUT2D eigenvalue weighted by molar-refractivity contribution is -0.208. The van der Waals surface area contributed by atoms with Gasteiger partial charge < -0.3 is 14.2 Å². The van der Waals surface area contributed by atoms with Gasteiger partial charge in [-0.2, -0.15) is 0 Å². The summed E-state index contributed by atoms with van der Waals surface area (Å²) in [5, 5.41) is 0.671. The number of benzene rings is 2. The Morgan fingerprint density at radius 2 is 1.65 bits per heavy atom. The van der Waals surface area contributed by atoms with Crippen LogP contribution < -0.4 is 0 Å².